The molecule has 0 amide bonds. The van der Waals surface area contributed by atoms with Crippen LogP contribution in [0.5, 0.6) is 5.75 Å². The molecule has 0 bridgehead atoms. The monoisotopic (exact) mass is 630 g/mol. The van der Waals surface area contributed by atoms with Gasteiger partial charge in [-0.05, 0) is 51.7 Å². The van der Waals surface area contributed by atoms with Crippen molar-refractivity contribution in [3.05, 3.63) is 69.8 Å². The third-order valence-corrected chi connectivity index (χ3v) is 10.3. The van der Waals surface area contributed by atoms with Crippen molar-refractivity contribution in [3.63, 3.8) is 0 Å². The number of anilines is 2. The fourth-order valence-corrected chi connectivity index (χ4v) is 8.99. The molecule has 2 aromatic carbocycles. The van der Waals surface area contributed by atoms with Crippen LogP contribution in [0.1, 0.15) is 5.56 Å². The van der Waals surface area contributed by atoms with Gasteiger partial charge in [0, 0.05) is 6.08 Å². The van der Waals surface area contributed by atoms with Crippen molar-refractivity contribution in [2.45, 2.75) is 16.5 Å². The van der Waals surface area contributed by atoms with E-state index in [4.69, 9.17) is 4.74 Å². The summed E-state index contributed by atoms with van der Waals surface area (Å²) in [4.78, 5) is 2.85. The number of nitrogens with zero attached hydrogens (tertiary/aromatic N) is 2. The lowest BCUT2D eigenvalue weighted by Gasteiger charge is -2.25. The van der Waals surface area contributed by atoms with Crippen LogP contribution < -0.4 is 14.5 Å². The number of ether oxygens (including phenoxy) is 1. The van der Waals surface area contributed by atoms with E-state index in [1.165, 1.54) is 32.9 Å². The lowest BCUT2D eigenvalue weighted by atomic mass is 10.0. The summed E-state index contributed by atoms with van der Waals surface area (Å²) in [6, 6.07) is 14.8. The van der Waals surface area contributed by atoms with Crippen molar-refractivity contribution in [3.8, 4) is 16.9 Å². The van der Waals surface area contributed by atoms with Gasteiger partial charge in [0.1, 0.15) is 11.3 Å². The van der Waals surface area contributed by atoms with Gasteiger partial charge < -0.3 is 9.64 Å². The van der Waals surface area contributed by atoms with Gasteiger partial charge in [-0.1, -0.05) is 48.2 Å². The van der Waals surface area contributed by atoms with E-state index in [1.807, 2.05) is 43.3 Å². The van der Waals surface area contributed by atoms with Crippen LogP contribution in [0.25, 0.3) is 11.1 Å². The molecule has 3 aromatic rings. The molecule has 2 N–H and O–H groups in total. The summed E-state index contributed by atoms with van der Waals surface area (Å²) in [5.74, 6) is -0.902. The molecule has 5 rings (SSSR count). The van der Waals surface area contributed by atoms with Gasteiger partial charge in [-0.2, -0.15) is 16.8 Å². The number of thiophene rings is 1. The lowest BCUT2D eigenvalue weighted by Crippen LogP contribution is -2.35. The predicted octanol–water partition coefficient (Wildman–Crippen LogP) is 5.16. The van der Waals surface area contributed by atoms with E-state index in [0.29, 0.717) is 17.1 Å². The molecule has 36 heavy (non-hydrogen) atoms. The third-order valence-electron chi connectivity index (χ3n) is 5.56. The minimum Gasteiger partial charge on any atom is -0.439 e. The lowest BCUT2D eigenvalue weighted by molar-refractivity contribution is 0.434. The quantitative estimate of drug-likeness (QED) is 0.353. The van der Waals surface area contributed by atoms with Crippen LogP contribution in [0.3, 0.4) is 0 Å². The van der Waals surface area contributed by atoms with Gasteiger partial charge in [0.15, 0.2) is 11.6 Å². The molecule has 9 nitrogen and oxygen atoms in total. The average Bonchev–Trinajstić information content (AvgIpc) is 3.38. The SMILES string of the molecule is Cc1c(Br)sc2c1N(CS(=O)(=O)O)C(C=C1Oc3ccc(-c4ccccc4)cc3N1CS(=O)(=O)O)S2. The molecule has 0 aliphatic carbocycles. The first-order valence-electron chi connectivity index (χ1n) is 10.4. The first kappa shape index (κ1) is 25.6. The van der Waals surface area contributed by atoms with Crippen LogP contribution in [0, 0.1) is 6.92 Å². The Bertz CT molecular complexity index is 1590. The third kappa shape index (κ3) is 5.16. The van der Waals surface area contributed by atoms with E-state index in [9.17, 15) is 25.9 Å². The number of halogens is 1. The molecule has 14 heteroatoms. The summed E-state index contributed by atoms with van der Waals surface area (Å²) in [5, 5.41) is -0.623. The molecule has 0 radical (unpaired) electrons. The van der Waals surface area contributed by atoms with Crippen LogP contribution in [0.2, 0.25) is 0 Å². The summed E-state index contributed by atoms with van der Waals surface area (Å²) < 4.78 is 74.4. The maximum atomic E-state index is 11.9. The Morgan fingerprint density at radius 2 is 1.72 bits per heavy atom. The fourth-order valence-electron chi connectivity index (χ4n) is 4.06. The molecule has 0 saturated carbocycles. The van der Waals surface area contributed by atoms with Crippen LogP contribution in [0.4, 0.5) is 11.4 Å². The van der Waals surface area contributed by atoms with Gasteiger partial charge in [0.05, 0.1) is 19.4 Å². The number of fused-ring (bicyclic) bond motifs is 2. The highest BCUT2D eigenvalue weighted by Gasteiger charge is 2.38. The summed E-state index contributed by atoms with van der Waals surface area (Å²) in [7, 11) is -8.82. The highest BCUT2D eigenvalue weighted by molar-refractivity contribution is 9.11. The van der Waals surface area contributed by atoms with Crippen molar-refractivity contribution in [1.29, 1.82) is 0 Å². The van der Waals surface area contributed by atoms with Crippen LogP contribution in [-0.2, 0) is 20.2 Å². The number of hydrogen-bond acceptors (Lipinski definition) is 9. The predicted molar refractivity (Wildman–Crippen MR) is 145 cm³/mol. The van der Waals surface area contributed by atoms with E-state index >= 15 is 0 Å². The van der Waals surface area contributed by atoms with E-state index in [1.54, 1.807) is 18.2 Å². The standard InChI is InChI=1S/C22H19BrN2O7S4/c1-13-20-22(34-21(13)23)33-19(25(20)12-36(29,30)31)10-18-24(11-35(26,27)28)16-9-15(7-8-17(16)32-18)14-5-3-2-4-6-14/h2-10,19H,11-12H2,1H3,(H,26,27,28)(H,29,30,31). The van der Waals surface area contributed by atoms with E-state index in [2.05, 4.69) is 15.9 Å². The van der Waals surface area contributed by atoms with Crippen LogP contribution in [-0.4, -0.2) is 43.1 Å². The number of hydrogen-bond donors (Lipinski definition) is 2. The summed E-state index contributed by atoms with van der Waals surface area (Å²) in [6.45, 7) is 1.84. The van der Waals surface area contributed by atoms with Crippen LogP contribution in [0.15, 0.2) is 68.5 Å². The summed E-state index contributed by atoms with van der Waals surface area (Å²) in [6.07, 6.45) is 1.59. The zero-order valence-electron chi connectivity index (χ0n) is 18.5. The van der Waals surface area contributed by atoms with Gasteiger partial charge in [-0.25, -0.2) is 0 Å². The molecule has 0 fully saturated rings. The fraction of sp³-hybridized carbons (Fsp3) is 0.182. The Kier molecular flexibility index (Phi) is 6.64. The van der Waals surface area contributed by atoms with Gasteiger partial charge in [-0.3, -0.25) is 14.0 Å². The molecule has 1 atom stereocenters. The molecule has 1 aromatic heterocycles. The Morgan fingerprint density at radius 3 is 2.39 bits per heavy atom. The van der Waals surface area contributed by atoms with Gasteiger partial charge in [0.2, 0.25) is 5.88 Å². The van der Waals surface area contributed by atoms with E-state index in [0.717, 1.165) is 24.7 Å². The number of thioether (sulfide) groups is 1. The smallest absolute Gasteiger partial charge is 0.283 e. The molecule has 2 aliphatic rings. The molecule has 0 spiro atoms. The highest BCUT2D eigenvalue weighted by atomic mass is 79.9. The Morgan fingerprint density at radius 1 is 1.03 bits per heavy atom. The second-order valence-electron chi connectivity index (χ2n) is 8.12. The van der Waals surface area contributed by atoms with E-state index < -0.39 is 37.4 Å². The molecule has 3 heterocycles. The Balaban J connectivity index is 1.56. The molecule has 1 unspecified atom stereocenters. The normalized spacial score (nSPS) is 18.4. The minimum absolute atomic E-state index is 0.123. The highest BCUT2D eigenvalue weighted by Crippen LogP contribution is 2.54. The first-order valence-corrected chi connectivity index (χ1v) is 16.1. The van der Waals surface area contributed by atoms with Crippen molar-refractivity contribution < 1.29 is 30.7 Å². The maximum Gasteiger partial charge on any atom is 0.283 e. The average molecular weight is 632 g/mol. The maximum absolute atomic E-state index is 11.9. The van der Waals surface area contributed by atoms with Crippen molar-refractivity contribution in [1.82, 2.24) is 0 Å². The molecule has 2 aliphatic heterocycles. The van der Waals surface area contributed by atoms with Crippen molar-refractivity contribution in [2.24, 2.45) is 0 Å². The minimum atomic E-state index is -4.45. The Hall–Kier alpha value is -2.07. The first-order chi connectivity index (χ1) is 16.9. The molecule has 0 saturated heterocycles. The second kappa shape index (κ2) is 9.35. The van der Waals surface area contributed by atoms with E-state index in [-0.39, 0.29) is 5.88 Å². The molecule has 190 valence electrons. The Labute approximate surface area is 225 Å². The molecular weight excluding hydrogens is 612 g/mol. The van der Waals surface area contributed by atoms with Crippen molar-refractivity contribution >= 4 is 70.6 Å². The van der Waals surface area contributed by atoms with Crippen LogP contribution >= 0.6 is 39.0 Å². The molecular formula is C22H19BrN2O7S4. The topological polar surface area (TPSA) is 124 Å². The number of benzene rings is 2. The summed E-state index contributed by atoms with van der Waals surface area (Å²) in [5.41, 5.74) is 3.67. The van der Waals surface area contributed by atoms with Gasteiger partial charge >= 0.3 is 0 Å². The zero-order valence-corrected chi connectivity index (χ0v) is 23.4. The number of rotatable bonds is 6. The second-order valence-corrected chi connectivity index (χ2v) is 14.7. The largest absolute Gasteiger partial charge is 0.439 e. The summed E-state index contributed by atoms with van der Waals surface area (Å²) >= 11 is 6.25. The van der Waals surface area contributed by atoms with Crippen molar-refractivity contribution in [2.75, 3.05) is 21.6 Å². The zero-order chi connectivity index (χ0) is 25.8. The van der Waals surface area contributed by atoms with Gasteiger partial charge in [0.25, 0.3) is 20.2 Å². The van der Waals surface area contributed by atoms with Gasteiger partial charge in [-0.15, -0.1) is 11.3 Å².